The maximum absolute atomic E-state index is 12.5. The van der Waals surface area contributed by atoms with Crippen molar-refractivity contribution in [3.63, 3.8) is 0 Å². The highest BCUT2D eigenvalue weighted by Gasteiger charge is 2.30. The highest BCUT2D eigenvalue weighted by molar-refractivity contribution is 9.10. The fraction of sp³-hybridized carbons (Fsp3) is 0.471. The monoisotopic (exact) mass is 362 g/mol. The second-order valence-electron chi connectivity index (χ2n) is 6.53. The molecule has 1 amide bonds. The molecule has 1 aliphatic carbocycles. The van der Waals surface area contributed by atoms with Gasteiger partial charge in [-0.15, -0.1) is 0 Å². The van der Waals surface area contributed by atoms with Crippen LogP contribution in [0.5, 0.6) is 0 Å². The fourth-order valence-electron chi connectivity index (χ4n) is 3.73. The Balaban J connectivity index is 1.50. The molecular formula is C17H19BrN2O2. The molecular weight excluding hydrogens is 344 g/mol. The summed E-state index contributed by atoms with van der Waals surface area (Å²) >= 11 is 3.43. The number of carbonyl (C=O) groups is 1. The highest BCUT2D eigenvalue weighted by atomic mass is 79.9. The molecule has 3 aliphatic rings. The lowest BCUT2D eigenvalue weighted by atomic mass is 9.84. The Kier molecular flexibility index (Phi) is 3.70. The smallest absolute Gasteiger partial charge is 0.265 e. The van der Waals surface area contributed by atoms with E-state index in [1.54, 1.807) is 6.26 Å². The lowest BCUT2D eigenvalue weighted by Crippen LogP contribution is -2.44. The van der Waals surface area contributed by atoms with Crippen LogP contribution in [0, 0.1) is 11.8 Å². The zero-order valence-electron chi connectivity index (χ0n) is 12.3. The van der Waals surface area contributed by atoms with E-state index in [0.29, 0.717) is 5.56 Å². The Bertz CT molecular complexity index is 690. The average Bonchev–Trinajstić information content (AvgIpc) is 2.70. The van der Waals surface area contributed by atoms with Gasteiger partial charge >= 0.3 is 0 Å². The molecule has 2 saturated heterocycles. The van der Waals surface area contributed by atoms with Crippen molar-refractivity contribution in [3.05, 3.63) is 34.5 Å². The van der Waals surface area contributed by atoms with E-state index in [2.05, 4.69) is 26.4 Å². The third-order valence-corrected chi connectivity index (χ3v) is 5.59. The van der Waals surface area contributed by atoms with Crippen molar-refractivity contribution in [1.82, 2.24) is 10.4 Å². The van der Waals surface area contributed by atoms with E-state index in [-0.39, 0.29) is 5.91 Å². The van der Waals surface area contributed by atoms with E-state index in [4.69, 9.17) is 4.42 Å². The lowest BCUT2D eigenvalue weighted by Gasteiger charge is -2.23. The van der Waals surface area contributed by atoms with Gasteiger partial charge in [-0.05, 0) is 71.6 Å². The standard InChI is InChI=1S/C17H19BrN2O2/c18-15-10-22-16-7-13(5-6-14(15)16)17(21)19-20-8-11-1-2-12(9-20)4-3-11/h5-7,10-12H,1-4,8-9H2,(H,19,21). The first-order valence-electron chi connectivity index (χ1n) is 7.92. The van der Waals surface area contributed by atoms with E-state index in [1.807, 2.05) is 18.2 Å². The van der Waals surface area contributed by atoms with E-state index in [9.17, 15) is 4.79 Å². The number of hydrogen-bond donors (Lipinski definition) is 1. The number of benzene rings is 1. The fourth-order valence-corrected chi connectivity index (χ4v) is 4.15. The summed E-state index contributed by atoms with van der Waals surface area (Å²) in [6, 6.07) is 5.58. The number of rotatable bonds is 2. The number of halogens is 1. The van der Waals surface area contributed by atoms with E-state index >= 15 is 0 Å². The number of nitrogens with one attached hydrogen (secondary N) is 1. The Labute approximate surface area is 137 Å². The van der Waals surface area contributed by atoms with Gasteiger partial charge in [0.15, 0.2) is 0 Å². The van der Waals surface area contributed by atoms with Crippen LogP contribution in [-0.2, 0) is 0 Å². The van der Waals surface area contributed by atoms with Crippen LogP contribution in [-0.4, -0.2) is 24.0 Å². The van der Waals surface area contributed by atoms with Crippen LogP contribution < -0.4 is 5.43 Å². The van der Waals surface area contributed by atoms with Crippen LogP contribution >= 0.6 is 15.9 Å². The van der Waals surface area contributed by atoms with Gasteiger partial charge in [0.1, 0.15) is 11.8 Å². The molecule has 0 atom stereocenters. The van der Waals surface area contributed by atoms with Crippen LogP contribution in [0.4, 0.5) is 0 Å². The zero-order chi connectivity index (χ0) is 15.1. The molecule has 116 valence electrons. The summed E-state index contributed by atoms with van der Waals surface area (Å²) in [5.74, 6) is 1.43. The van der Waals surface area contributed by atoms with Crippen molar-refractivity contribution in [1.29, 1.82) is 0 Å². The Morgan fingerprint density at radius 3 is 2.55 bits per heavy atom. The van der Waals surface area contributed by atoms with Gasteiger partial charge in [0.25, 0.3) is 5.91 Å². The molecule has 1 aromatic carbocycles. The lowest BCUT2D eigenvalue weighted by molar-refractivity contribution is 0.0770. The quantitative estimate of drug-likeness (QED) is 0.879. The molecule has 5 heteroatoms. The summed E-state index contributed by atoms with van der Waals surface area (Å²) in [5.41, 5.74) is 4.46. The number of furan rings is 1. The number of amides is 1. The van der Waals surface area contributed by atoms with Gasteiger partial charge in [-0.25, -0.2) is 5.01 Å². The second-order valence-corrected chi connectivity index (χ2v) is 7.38. The minimum absolute atomic E-state index is 0.0456. The van der Waals surface area contributed by atoms with Gasteiger partial charge in [0.2, 0.25) is 0 Å². The average molecular weight is 363 g/mol. The summed E-state index contributed by atoms with van der Waals surface area (Å²) in [5, 5.41) is 3.12. The predicted octanol–water partition coefficient (Wildman–Crippen LogP) is 3.96. The number of fused-ring (bicyclic) bond motifs is 5. The molecule has 2 aliphatic heterocycles. The number of nitrogens with zero attached hydrogens (tertiary/aromatic N) is 1. The Morgan fingerprint density at radius 2 is 1.86 bits per heavy atom. The van der Waals surface area contributed by atoms with Crippen molar-refractivity contribution in [2.45, 2.75) is 25.7 Å². The number of hydrogen-bond acceptors (Lipinski definition) is 3. The normalized spacial score (nSPS) is 25.3. The highest BCUT2D eigenvalue weighted by Crippen LogP contribution is 2.33. The van der Waals surface area contributed by atoms with Gasteiger partial charge in [-0.1, -0.05) is 0 Å². The third kappa shape index (κ3) is 2.68. The zero-order valence-corrected chi connectivity index (χ0v) is 13.9. The molecule has 0 spiro atoms. The molecule has 3 fully saturated rings. The topological polar surface area (TPSA) is 45.5 Å². The van der Waals surface area contributed by atoms with Crippen molar-refractivity contribution in [2.24, 2.45) is 11.8 Å². The molecule has 3 heterocycles. The molecule has 22 heavy (non-hydrogen) atoms. The SMILES string of the molecule is O=C(NN1CC2CCC(CC2)C1)c1ccc2c(Br)coc2c1. The molecule has 5 rings (SSSR count). The van der Waals surface area contributed by atoms with E-state index in [1.165, 1.54) is 25.7 Å². The summed E-state index contributed by atoms with van der Waals surface area (Å²) in [7, 11) is 0. The van der Waals surface area contributed by atoms with E-state index < -0.39 is 0 Å². The molecule has 0 radical (unpaired) electrons. The Morgan fingerprint density at radius 1 is 1.18 bits per heavy atom. The first kappa shape index (κ1) is 14.3. The maximum Gasteiger partial charge on any atom is 0.265 e. The molecule has 1 N–H and O–H groups in total. The van der Waals surface area contributed by atoms with Gasteiger partial charge in [-0.2, -0.15) is 0 Å². The van der Waals surface area contributed by atoms with Gasteiger partial charge in [0.05, 0.1) is 4.47 Å². The Hall–Kier alpha value is -1.33. The summed E-state index contributed by atoms with van der Waals surface area (Å²) in [4.78, 5) is 12.5. The van der Waals surface area contributed by atoms with Gasteiger partial charge in [0, 0.05) is 24.0 Å². The van der Waals surface area contributed by atoms with Crippen molar-refractivity contribution in [2.75, 3.05) is 13.1 Å². The van der Waals surface area contributed by atoms with Crippen molar-refractivity contribution < 1.29 is 9.21 Å². The third-order valence-electron chi connectivity index (χ3n) is 4.97. The van der Waals surface area contributed by atoms with Crippen LogP contribution in [0.2, 0.25) is 0 Å². The molecule has 1 aromatic heterocycles. The van der Waals surface area contributed by atoms with Crippen molar-refractivity contribution in [3.8, 4) is 0 Å². The van der Waals surface area contributed by atoms with E-state index in [0.717, 1.165) is 40.4 Å². The van der Waals surface area contributed by atoms with Crippen LogP contribution in [0.25, 0.3) is 11.0 Å². The first-order chi connectivity index (χ1) is 10.7. The molecule has 4 nitrogen and oxygen atoms in total. The van der Waals surface area contributed by atoms with Crippen LogP contribution in [0.3, 0.4) is 0 Å². The first-order valence-corrected chi connectivity index (χ1v) is 8.71. The molecule has 2 aromatic rings. The van der Waals surface area contributed by atoms with Crippen LogP contribution in [0.15, 0.2) is 33.4 Å². The molecule has 1 saturated carbocycles. The number of carbonyl (C=O) groups excluding carboxylic acids is 1. The largest absolute Gasteiger partial charge is 0.463 e. The van der Waals surface area contributed by atoms with Gasteiger partial charge < -0.3 is 4.42 Å². The minimum Gasteiger partial charge on any atom is -0.463 e. The predicted molar refractivity (Wildman–Crippen MR) is 88.4 cm³/mol. The molecule has 0 unspecified atom stereocenters. The number of hydrazine groups is 1. The minimum atomic E-state index is -0.0456. The van der Waals surface area contributed by atoms with Crippen LogP contribution in [0.1, 0.15) is 36.0 Å². The summed E-state index contributed by atoms with van der Waals surface area (Å²) < 4.78 is 6.37. The second kappa shape index (κ2) is 5.70. The molecule has 2 bridgehead atoms. The summed E-state index contributed by atoms with van der Waals surface area (Å²) in [6.45, 7) is 1.97. The summed E-state index contributed by atoms with van der Waals surface area (Å²) in [6.07, 6.45) is 6.89. The van der Waals surface area contributed by atoms with Gasteiger partial charge in [-0.3, -0.25) is 10.2 Å². The van der Waals surface area contributed by atoms with Crippen molar-refractivity contribution >= 4 is 32.8 Å². The maximum atomic E-state index is 12.5.